The number of rotatable bonds is 19. The van der Waals surface area contributed by atoms with Crippen LogP contribution in [0.2, 0.25) is 0 Å². The Labute approximate surface area is 212 Å². The van der Waals surface area contributed by atoms with E-state index in [-0.39, 0.29) is 30.7 Å². The average Bonchev–Trinajstić information content (AvgIpc) is 2.84. The van der Waals surface area contributed by atoms with Crippen LogP contribution in [0.1, 0.15) is 90.5 Å². The standard InChI is InChI=1S/C28H47N3O4/c1-4-5-6-7-8-9-10-14-19-31(22-26(32)30-35)27(33)21-25(20-23(2)3)28(34)29-18-17-24-15-12-11-13-16-24/h11-13,15-16,23,25,35H,4-10,14,17-22H2,1-3H3,(H,29,34)(H,30,32)/t25-/m1/s1. The van der Waals surface area contributed by atoms with Crippen molar-refractivity contribution < 1.29 is 19.6 Å². The monoisotopic (exact) mass is 489 g/mol. The number of nitrogens with one attached hydrogen (secondary N) is 2. The fourth-order valence-corrected chi connectivity index (χ4v) is 4.25. The van der Waals surface area contributed by atoms with Gasteiger partial charge < -0.3 is 10.2 Å². The molecule has 0 heterocycles. The number of benzene rings is 1. The first-order valence-corrected chi connectivity index (χ1v) is 13.4. The predicted octanol–water partition coefficient (Wildman–Crippen LogP) is 4.87. The average molecular weight is 490 g/mol. The molecule has 0 radical (unpaired) electrons. The Morgan fingerprint density at radius 2 is 1.57 bits per heavy atom. The Kier molecular flexibility index (Phi) is 16.5. The van der Waals surface area contributed by atoms with Crippen molar-refractivity contribution in [1.82, 2.24) is 15.7 Å². The van der Waals surface area contributed by atoms with Crippen LogP contribution in [0, 0.1) is 11.8 Å². The van der Waals surface area contributed by atoms with Crippen LogP contribution in [0.3, 0.4) is 0 Å². The van der Waals surface area contributed by atoms with Crippen LogP contribution in [-0.4, -0.2) is 47.5 Å². The predicted molar refractivity (Wildman–Crippen MR) is 140 cm³/mol. The van der Waals surface area contributed by atoms with Crippen molar-refractivity contribution in [1.29, 1.82) is 0 Å². The van der Waals surface area contributed by atoms with Gasteiger partial charge in [-0.05, 0) is 30.7 Å². The Hall–Kier alpha value is -2.41. The van der Waals surface area contributed by atoms with Gasteiger partial charge in [-0.15, -0.1) is 0 Å². The smallest absolute Gasteiger partial charge is 0.262 e. The molecule has 0 unspecified atom stereocenters. The number of hydroxylamine groups is 1. The van der Waals surface area contributed by atoms with Crippen LogP contribution in [-0.2, 0) is 20.8 Å². The minimum absolute atomic E-state index is 0.0606. The van der Waals surface area contributed by atoms with Crippen LogP contribution in [0.5, 0.6) is 0 Å². The minimum atomic E-state index is -0.620. The van der Waals surface area contributed by atoms with Gasteiger partial charge in [0, 0.05) is 25.4 Å². The maximum atomic E-state index is 13.1. The van der Waals surface area contributed by atoms with Crippen molar-refractivity contribution in [3.8, 4) is 0 Å². The molecule has 0 aliphatic carbocycles. The van der Waals surface area contributed by atoms with E-state index in [9.17, 15) is 14.4 Å². The van der Waals surface area contributed by atoms with E-state index in [0.29, 0.717) is 19.5 Å². The summed E-state index contributed by atoms with van der Waals surface area (Å²) in [7, 11) is 0. The van der Waals surface area contributed by atoms with Gasteiger partial charge in [-0.3, -0.25) is 19.6 Å². The highest BCUT2D eigenvalue weighted by Crippen LogP contribution is 2.18. The fraction of sp³-hybridized carbons (Fsp3) is 0.679. The Balaban J connectivity index is 2.60. The lowest BCUT2D eigenvalue weighted by Crippen LogP contribution is -2.43. The van der Waals surface area contributed by atoms with Gasteiger partial charge in [0.05, 0.1) is 0 Å². The lowest BCUT2D eigenvalue weighted by Gasteiger charge is -2.25. The molecule has 7 heteroatoms. The van der Waals surface area contributed by atoms with E-state index >= 15 is 0 Å². The van der Waals surface area contributed by atoms with Crippen LogP contribution in [0.15, 0.2) is 30.3 Å². The normalized spacial score (nSPS) is 11.8. The van der Waals surface area contributed by atoms with Gasteiger partial charge in [0.15, 0.2) is 0 Å². The van der Waals surface area contributed by atoms with Gasteiger partial charge >= 0.3 is 0 Å². The molecule has 3 N–H and O–H groups in total. The van der Waals surface area contributed by atoms with Gasteiger partial charge in [0.1, 0.15) is 6.54 Å². The molecule has 3 amide bonds. The maximum absolute atomic E-state index is 13.1. The first-order chi connectivity index (χ1) is 16.9. The molecule has 0 saturated heterocycles. The van der Waals surface area contributed by atoms with E-state index in [2.05, 4.69) is 12.2 Å². The number of hydrogen-bond acceptors (Lipinski definition) is 4. The topological polar surface area (TPSA) is 98.7 Å². The largest absolute Gasteiger partial charge is 0.356 e. The van der Waals surface area contributed by atoms with E-state index in [0.717, 1.165) is 31.2 Å². The van der Waals surface area contributed by atoms with Crippen molar-refractivity contribution in [3.63, 3.8) is 0 Å². The second-order valence-corrected chi connectivity index (χ2v) is 9.88. The van der Waals surface area contributed by atoms with Crippen LogP contribution >= 0.6 is 0 Å². The summed E-state index contributed by atoms with van der Waals surface area (Å²) in [6, 6.07) is 9.96. The summed E-state index contributed by atoms with van der Waals surface area (Å²) in [5.74, 6) is -1.15. The minimum Gasteiger partial charge on any atom is -0.356 e. The quantitative estimate of drug-likeness (QED) is 0.147. The lowest BCUT2D eigenvalue weighted by molar-refractivity contribution is -0.141. The second kappa shape index (κ2) is 18.9. The van der Waals surface area contributed by atoms with Crippen LogP contribution in [0.4, 0.5) is 0 Å². The van der Waals surface area contributed by atoms with Crippen LogP contribution < -0.4 is 10.8 Å². The lowest BCUT2D eigenvalue weighted by atomic mass is 9.92. The Morgan fingerprint density at radius 3 is 2.17 bits per heavy atom. The van der Waals surface area contributed by atoms with Crippen LogP contribution in [0.25, 0.3) is 0 Å². The molecule has 198 valence electrons. The van der Waals surface area contributed by atoms with Gasteiger partial charge in [0.25, 0.3) is 5.91 Å². The number of carbonyl (C=O) groups excluding carboxylic acids is 3. The molecule has 1 aromatic carbocycles. The molecule has 35 heavy (non-hydrogen) atoms. The molecule has 1 aromatic rings. The third-order valence-corrected chi connectivity index (χ3v) is 6.20. The third-order valence-electron chi connectivity index (χ3n) is 6.20. The molecular weight excluding hydrogens is 442 g/mol. The zero-order chi connectivity index (χ0) is 25.9. The van der Waals surface area contributed by atoms with Crippen molar-refractivity contribution in [2.45, 2.75) is 91.4 Å². The molecule has 0 spiro atoms. The summed E-state index contributed by atoms with van der Waals surface area (Å²) in [5, 5.41) is 11.9. The zero-order valence-corrected chi connectivity index (χ0v) is 22.1. The molecule has 7 nitrogen and oxygen atoms in total. The molecule has 0 fully saturated rings. The summed E-state index contributed by atoms with van der Waals surface area (Å²) < 4.78 is 0. The first-order valence-electron chi connectivity index (χ1n) is 13.4. The summed E-state index contributed by atoms with van der Waals surface area (Å²) >= 11 is 0. The highest BCUT2D eigenvalue weighted by molar-refractivity contribution is 5.88. The third kappa shape index (κ3) is 14.6. The Morgan fingerprint density at radius 1 is 0.943 bits per heavy atom. The SMILES string of the molecule is CCCCCCCCCCN(CC(=O)NO)C(=O)C[C@@H](CC(C)C)C(=O)NCCc1ccccc1. The number of nitrogens with zero attached hydrogens (tertiary/aromatic N) is 1. The molecular formula is C28H47N3O4. The van der Waals surface area contributed by atoms with E-state index < -0.39 is 11.8 Å². The molecule has 0 aliphatic rings. The molecule has 0 aliphatic heterocycles. The maximum Gasteiger partial charge on any atom is 0.262 e. The number of hydrogen-bond donors (Lipinski definition) is 3. The summed E-state index contributed by atoms with van der Waals surface area (Å²) in [4.78, 5) is 39.3. The molecule has 0 aromatic heterocycles. The van der Waals surface area contributed by atoms with Crippen molar-refractivity contribution in [2.24, 2.45) is 11.8 Å². The fourth-order valence-electron chi connectivity index (χ4n) is 4.25. The van der Waals surface area contributed by atoms with Crippen molar-refractivity contribution in [2.75, 3.05) is 19.6 Å². The molecule has 0 saturated carbocycles. The highest BCUT2D eigenvalue weighted by atomic mass is 16.5. The highest BCUT2D eigenvalue weighted by Gasteiger charge is 2.26. The summed E-state index contributed by atoms with van der Waals surface area (Å²) in [5.41, 5.74) is 2.77. The number of unbranched alkanes of at least 4 members (excludes halogenated alkanes) is 7. The number of carbonyl (C=O) groups is 3. The molecule has 0 bridgehead atoms. The van der Waals surface area contributed by atoms with E-state index in [1.165, 1.54) is 37.0 Å². The molecule has 1 atom stereocenters. The van der Waals surface area contributed by atoms with E-state index in [4.69, 9.17) is 5.21 Å². The summed E-state index contributed by atoms with van der Waals surface area (Å²) in [6.07, 6.45) is 10.5. The zero-order valence-electron chi connectivity index (χ0n) is 22.1. The van der Waals surface area contributed by atoms with Gasteiger partial charge in [-0.25, -0.2) is 5.48 Å². The van der Waals surface area contributed by atoms with Crippen molar-refractivity contribution in [3.05, 3.63) is 35.9 Å². The Bertz CT molecular complexity index is 724. The van der Waals surface area contributed by atoms with E-state index in [1.54, 1.807) is 5.48 Å². The van der Waals surface area contributed by atoms with Gasteiger partial charge in [-0.2, -0.15) is 0 Å². The van der Waals surface area contributed by atoms with Gasteiger partial charge in [0.2, 0.25) is 11.8 Å². The second-order valence-electron chi connectivity index (χ2n) is 9.88. The van der Waals surface area contributed by atoms with Crippen molar-refractivity contribution >= 4 is 17.7 Å². The first kappa shape index (κ1) is 30.6. The number of amides is 3. The van der Waals surface area contributed by atoms with E-state index in [1.807, 2.05) is 44.2 Å². The summed E-state index contributed by atoms with van der Waals surface area (Å²) in [6.45, 7) is 7.04. The van der Waals surface area contributed by atoms with Gasteiger partial charge in [-0.1, -0.05) is 96.0 Å². The molecule has 1 rings (SSSR count).